The summed E-state index contributed by atoms with van der Waals surface area (Å²) in [5, 5.41) is 13.2. The molecule has 0 heterocycles. The van der Waals surface area contributed by atoms with Crippen LogP contribution in [0.5, 0.6) is 0 Å². The fourth-order valence-corrected chi connectivity index (χ4v) is 1.83. The van der Waals surface area contributed by atoms with Crippen molar-refractivity contribution in [1.29, 1.82) is 0 Å². The van der Waals surface area contributed by atoms with E-state index in [0.717, 1.165) is 11.5 Å². The van der Waals surface area contributed by atoms with Gasteiger partial charge in [-0.15, -0.1) is 0 Å². The van der Waals surface area contributed by atoms with Gasteiger partial charge in [-0.2, -0.15) is 5.06 Å². The van der Waals surface area contributed by atoms with Gasteiger partial charge in [0.05, 0.1) is 24.2 Å². The molecule has 0 aliphatic carbocycles. The first-order valence-corrected chi connectivity index (χ1v) is 7.58. The van der Waals surface area contributed by atoms with E-state index in [2.05, 4.69) is 5.32 Å². The van der Waals surface area contributed by atoms with Crippen LogP contribution in [0.1, 0.15) is 34.1 Å². The zero-order valence-electron chi connectivity index (χ0n) is 14.8. The Kier molecular flexibility index (Phi) is 8.35. The first-order chi connectivity index (χ1) is 9.95. The van der Waals surface area contributed by atoms with Gasteiger partial charge in [0.2, 0.25) is 0 Å². The number of ketones is 2. The van der Waals surface area contributed by atoms with Crippen molar-refractivity contribution in [3.8, 4) is 0 Å². The Morgan fingerprint density at radius 3 is 2.09 bits per heavy atom. The van der Waals surface area contributed by atoms with Crippen molar-refractivity contribution in [2.75, 3.05) is 40.3 Å². The van der Waals surface area contributed by atoms with E-state index in [4.69, 9.17) is 5.73 Å². The maximum atomic E-state index is 12.5. The van der Waals surface area contributed by atoms with Gasteiger partial charge in [-0.25, -0.2) is 0 Å². The van der Waals surface area contributed by atoms with Gasteiger partial charge in [-0.1, -0.05) is 0 Å². The molecule has 0 saturated carbocycles. The van der Waals surface area contributed by atoms with E-state index in [1.54, 1.807) is 25.8 Å². The molecular weight excluding hydrogens is 284 g/mol. The quantitative estimate of drug-likeness (QED) is 0.361. The predicted octanol–water partition coefficient (Wildman–Crippen LogP) is -0.127. The van der Waals surface area contributed by atoms with Crippen molar-refractivity contribution in [2.24, 2.45) is 5.73 Å². The van der Waals surface area contributed by atoms with Crippen LogP contribution in [0, 0.1) is 0 Å². The normalized spacial score (nSPS) is 13.0. The van der Waals surface area contributed by atoms with E-state index in [-0.39, 0.29) is 24.7 Å². The van der Waals surface area contributed by atoms with Gasteiger partial charge in [0, 0.05) is 7.05 Å². The van der Waals surface area contributed by atoms with Gasteiger partial charge in [0.25, 0.3) is 0 Å². The molecule has 0 amide bonds. The van der Waals surface area contributed by atoms with Gasteiger partial charge in [0.15, 0.2) is 11.6 Å². The van der Waals surface area contributed by atoms with Gasteiger partial charge in [-0.05, 0) is 54.3 Å². The SMILES string of the molecule is CN(O)CC(=O)C(C)(C)N(C)CC(=O)C(C)(C)NCCCN. The first-order valence-electron chi connectivity index (χ1n) is 7.58. The van der Waals surface area contributed by atoms with E-state index in [0.29, 0.717) is 13.1 Å². The summed E-state index contributed by atoms with van der Waals surface area (Å²) < 4.78 is 0. The van der Waals surface area contributed by atoms with Crippen LogP contribution < -0.4 is 11.1 Å². The summed E-state index contributed by atoms with van der Waals surface area (Å²) in [6.07, 6.45) is 0.805. The third-order valence-corrected chi connectivity index (χ3v) is 4.03. The summed E-state index contributed by atoms with van der Waals surface area (Å²) in [4.78, 5) is 26.3. The lowest BCUT2D eigenvalue weighted by Gasteiger charge is -2.36. The Labute approximate surface area is 133 Å². The van der Waals surface area contributed by atoms with Gasteiger partial charge >= 0.3 is 0 Å². The molecule has 0 saturated heterocycles. The first kappa shape index (κ1) is 21.1. The minimum atomic E-state index is -0.833. The lowest BCUT2D eigenvalue weighted by Crippen LogP contribution is -2.57. The predicted molar refractivity (Wildman–Crippen MR) is 86.9 cm³/mol. The number of hydroxylamine groups is 2. The Morgan fingerprint density at radius 2 is 1.64 bits per heavy atom. The second-order valence-electron chi connectivity index (χ2n) is 6.77. The number of Topliss-reactive ketones (excluding diaryl/α,β-unsaturated/α-hetero) is 2. The lowest BCUT2D eigenvalue weighted by molar-refractivity contribution is -0.141. The fraction of sp³-hybridized carbons (Fsp3) is 0.867. The van der Waals surface area contributed by atoms with Crippen LogP contribution in [0.25, 0.3) is 0 Å². The number of nitrogens with one attached hydrogen (secondary N) is 1. The Hall–Kier alpha value is -0.860. The minimum absolute atomic E-state index is 0.00486. The van der Waals surface area contributed by atoms with Crippen molar-refractivity contribution < 1.29 is 14.8 Å². The highest BCUT2D eigenvalue weighted by Crippen LogP contribution is 2.16. The molecule has 0 rings (SSSR count). The summed E-state index contributed by atoms with van der Waals surface area (Å²) in [6.45, 7) is 8.48. The number of hydrogen-bond acceptors (Lipinski definition) is 7. The molecule has 0 aliphatic heterocycles. The van der Waals surface area contributed by atoms with E-state index in [1.807, 2.05) is 13.8 Å². The molecule has 0 aromatic heterocycles. The molecule has 0 atom stereocenters. The third kappa shape index (κ3) is 6.50. The third-order valence-electron chi connectivity index (χ3n) is 4.03. The van der Waals surface area contributed by atoms with Crippen LogP contribution in [-0.4, -0.2) is 78.1 Å². The van der Waals surface area contributed by atoms with Crippen LogP contribution in [0.2, 0.25) is 0 Å². The van der Waals surface area contributed by atoms with Crippen molar-refractivity contribution in [3.63, 3.8) is 0 Å². The molecule has 130 valence electrons. The number of likely N-dealkylation sites (N-methyl/N-ethyl adjacent to an activating group) is 2. The summed E-state index contributed by atoms with van der Waals surface area (Å²) in [5.41, 5.74) is 3.95. The second kappa shape index (κ2) is 8.69. The lowest BCUT2D eigenvalue weighted by atomic mass is 9.93. The standard InChI is InChI=1S/C15H32N4O3/c1-14(2,17-9-7-8-16)12(20)10-18(5)15(3,4)13(21)11-19(6)22/h17,22H,7-11,16H2,1-6H3. The van der Waals surface area contributed by atoms with Crippen LogP contribution in [0.3, 0.4) is 0 Å². The Balaban J connectivity index is 4.71. The molecule has 0 unspecified atom stereocenters. The summed E-state index contributed by atoms with van der Waals surface area (Å²) in [5.74, 6) is -0.146. The maximum absolute atomic E-state index is 12.5. The molecule has 7 nitrogen and oxygen atoms in total. The summed E-state index contributed by atoms with van der Waals surface area (Å²) >= 11 is 0. The number of nitrogens with two attached hydrogens (primary N) is 1. The van der Waals surface area contributed by atoms with Crippen molar-refractivity contribution in [2.45, 2.75) is 45.2 Å². The summed E-state index contributed by atoms with van der Waals surface area (Å²) in [6, 6.07) is 0. The second-order valence-corrected chi connectivity index (χ2v) is 6.77. The molecule has 0 spiro atoms. The topological polar surface area (TPSA) is 98.9 Å². The number of nitrogens with zero attached hydrogens (tertiary/aromatic N) is 2. The highest BCUT2D eigenvalue weighted by atomic mass is 16.5. The average molecular weight is 316 g/mol. The highest BCUT2D eigenvalue weighted by molar-refractivity contribution is 5.92. The van der Waals surface area contributed by atoms with Crippen molar-refractivity contribution in [1.82, 2.24) is 15.3 Å². The molecule has 4 N–H and O–H groups in total. The molecule has 22 heavy (non-hydrogen) atoms. The molecule has 0 aromatic carbocycles. The van der Waals surface area contributed by atoms with Crippen LogP contribution in [-0.2, 0) is 9.59 Å². The zero-order chi connectivity index (χ0) is 17.6. The molecule has 0 radical (unpaired) electrons. The summed E-state index contributed by atoms with van der Waals surface area (Å²) in [7, 11) is 3.16. The highest BCUT2D eigenvalue weighted by Gasteiger charge is 2.36. The van der Waals surface area contributed by atoms with E-state index in [9.17, 15) is 14.8 Å². The molecule has 0 aliphatic rings. The minimum Gasteiger partial charge on any atom is -0.330 e. The van der Waals surface area contributed by atoms with Crippen LogP contribution in [0.15, 0.2) is 0 Å². The largest absolute Gasteiger partial charge is 0.330 e. The maximum Gasteiger partial charge on any atom is 0.168 e. The average Bonchev–Trinajstić information content (AvgIpc) is 2.37. The molecule has 0 bridgehead atoms. The smallest absolute Gasteiger partial charge is 0.168 e. The monoisotopic (exact) mass is 316 g/mol. The molecule has 0 fully saturated rings. The van der Waals surface area contributed by atoms with E-state index in [1.165, 1.54) is 7.05 Å². The van der Waals surface area contributed by atoms with Crippen molar-refractivity contribution >= 4 is 11.6 Å². The number of hydrogen-bond donors (Lipinski definition) is 3. The number of carbonyl (C=O) groups excluding carboxylic acids is 2. The molecule has 7 heteroatoms. The van der Waals surface area contributed by atoms with Gasteiger partial charge in [0.1, 0.15) is 0 Å². The van der Waals surface area contributed by atoms with E-state index < -0.39 is 11.1 Å². The number of rotatable bonds is 11. The van der Waals surface area contributed by atoms with E-state index >= 15 is 0 Å². The zero-order valence-corrected chi connectivity index (χ0v) is 14.8. The van der Waals surface area contributed by atoms with Gasteiger partial charge < -0.3 is 16.3 Å². The molecule has 0 aromatic rings. The van der Waals surface area contributed by atoms with Crippen molar-refractivity contribution in [3.05, 3.63) is 0 Å². The fourth-order valence-electron chi connectivity index (χ4n) is 1.83. The number of carbonyl (C=O) groups is 2. The van der Waals surface area contributed by atoms with Gasteiger partial charge in [-0.3, -0.25) is 14.5 Å². The van der Waals surface area contributed by atoms with Crippen LogP contribution in [0.4, 0.5) is 0 Å². The van der Waals surface area contributed by atoms with Crippen LogP contribution >= 0.6 is 0 Å². The molecular formula is C15H32N4O3. The Morgan fingerprint density at radius 1 is 1.09 bits per heavy atom. The Bertz CT molecular complexity index is 381.